The molecule has 2 heteroatoms. The fourth-order valence-corrected chi connectivity index (χ4v) is 2.80. The maximum absolute atomic E-state index is 9.41. The third kappa shape index (κ3) is 1.01. The Hall–Kier alpha value is -1.54. The monoisotopic (exact) mass is 200 g/mol. The van der Waals surface area contributed by atoms with Gasteiger partial charge in [0.2, 0.25) is 0 Å². The van der Waals surface area contributed by atoms with Crippen LogP contribution in [0.4, 0.5) is 0 Å². The van der Waals surface area contributed by atoms with Gasteiger partial charge in [0, 0.05) is 20.2 Å². The molecule has 0 bridgehead atoms. The number of phenols is 1. The Morgan fingerprint density at radius 2 is 1.64 bits per heavy atom. The van der Waals surface area contributed by atoms with Gasteiger partial charge in [-0.15, -0.1) is 11.3 Å². The first-order valence-corrected chi connectivity index (χ1v) is 5.26. The molecular formula is C12H8OS. The molecule has 14 heavy (non-hydrogen) atoms. The van der Waals surface area contributed by atoms with Gasteiger partial charge in [-0.05, 0) is 24.3 Å². The van der Waals surface area contributed by atoms with E-state index in [9.17, 15) is 5.11 Å². The van der Waals surface area contributed by atoms with E-state index >= 15 is 0 Å². The summed E-state index contributed by atoms with van der Waals surface area (Å²) in [6.45, 7) is 0. The SMILES string of the molecule is Oc1ccc2sc3ccccc3c2c1. The maximum Gasteiger partial charge on any atom is 0.116 e. The normalized spacial score (nSPS) is 11.1. The lowest BCUT2D eigenvalue weighted by atomic mass is 10.1. The van der Waals surface area contributed by atoms with Crippen LogP contribution in [0.25, 0.3) is 20.2 Å². The molecule has 0 saturated heterocycles. The van der Waals surface area contributed by atoms with Gasteiger partial charge in [0.25, 0.3) is 0 Å². The first-order valence-electron chi connectivity index (χ1n) is 4.45. The minimum Gasteiger partial charge on any atom is -0.508 e. The fourth-order valence-electron chi connectivity index (χ4n) is 1.71. The van der Waals surface area contributed by atoms with Gasteiger partial charge in [-0.3, -0.25) is 0 Å². The maximum atomic E-state index is 9.41. The molecule has 0 aliphatic rings. The van der Waals surface area contributed by atoms with Gasteiger partial charge in [-0.25, -0.2) is 0 Å². The number of hydrogen-bond donors (Lipinski definition) is 1. The Bertz CT molecular complexity index is 610. The highest BCUT2D eigenvalue weighted by molar-refractivity contribution is 7.25. The van der Waals surface area contributed by atoms with Crippen LogP contribution in [0.1, 0.15) is 0 Å². The van der Waals surface area contributed by atoms with E-state index in [1.165, 1.54) is 14.8 Å². The lowest BCUT2D eigenvalue weighted by molar-refractivity contribution is 0.476. The molecule has 1 nitrogen and oxygen atoms in total. The molecule has 0 aliphatic carbocycles. The molecule has 2 aromatic carbocycles. The van der Waals surface area contributed by atoms with Crippen molar-refractivity contribution in [2.45, 2.75) is 0 Å². The number of aromatic hydroxyl groups is 1. The van der Waals surface area contributed by atoms with Crippen molar-refractivity contribution in [3.8, 4) is 5.75 Å². The highest BCUT2D eigenvalue weighted by atomic mass is 32.1. The third-order valence-corrected chi connectivity index (χ3v) is 3.51. The molecule has 0 radical (unpaired) electrons. The van der Waals surface area contributed by atoms with Gasteiger partial charge < -0.3 is 5.11 Å². The molecule has 0 amide bonds. The summed E-state index contributed by atoms with van der Waals surface area (Å²) >= 11 is 1.76. The summed E-state index contributed by atoms with van der Waals surface area (Å²) in [5, 5.41) is 11.8. The fraction of sp³-hybridized carbons (Fsp3) is 0. The van der Waals surface area contributed by atoms with Crippen LogP contribution < -0.4 is 0 Å². The molecule has 0 spiro atoms. The smallest absolute Gasteiger partial charge is 0.116 e. The van der Waals surface area contributed by atoms with E-state index in [2.05, 4.69) is 12.1 Å². The molecule has 0 aliphatic heterocycles. The lowest BCUT2D eigenvalue weighted by Crippen LogP contribution is -1.65. The largest absolute Gasteiger partial charge is 0.508 e. The highest BCUT2D eigenvalue weighted by Crippen LogP contribution is 2.35. The van der Waals surface area contributed by atoms with E-state index in [1.807, 2.05) is 24.3 Å². The van der Waals surface area contributed by atoms with Crippen molar-refractivity contribution in [1.29, 1.82) is 0 Å². The minimum atomic E-state index is 0.334. The second-order valence-electron chi connectivity index (χ2n) is 3.28. The van der Waals surface area contributed by atoms with Crippen LogP contribution in [-0.4, -0.2) is 5.11 Å². The molecule has 3 aromatic rings. The average molecular weight is 200 g/mol. The van der Waals surface area contributed by atoms with E-state index in [0.29, 0.717) is 5.75 Å². The first kappa shape index (κ1) is 7.83. The topological polar surface area (TPSA) is 20.2 Å². The number of benzene rings is 2. The number of phenolic OH excluding ortho intramolecular Hbond substituents is 1. The van der Waals surface area contributed by atoms with Gasteiger partial charge >= 0.3 is 0 Å². The molecule has 0 atom stereocenters. The zero-order valence-electron chi connectivity index (χ0n) is 7.40. The van der Waals surface area contributed by atoms with Crippen LogP contribution >= 0.6 is 11.3 Å². The summed E-state index contributed by atoms with van der Waals surface area (Å²) in [4.78, 5) is 0. The standard InChI is InChI=1S/C12H8OS/c13-8-5-6-12-10(7-8)9-3-1-2-4-11(9)14-12/h1-7,13H. The summed E-state index contributed by atoms with van der Waals surface area (Å²) in [5.74, 6) is 0.334. The Morgan fingerprint density at radius 1 is 0.857 bits per heavy atom. The van der Waals surface area contributed by atoms with Crippen molar-refractivity contribution in [3.63, 3.8) is 0 Å². The number of hydrogen-bond acceptors (Lipinski definition) is 2. The van der Waals surface area contributed by atoms with Gasteiger partial charge in [-0.1, -0.05) is 18.2 Å². The number of thiophene rings is 1. The second kappa shape index (κ2) is 2.72. The third-order valence-electron chi connectivity index (χ3n) is 2.36. The average Bonchev–Trinajstić information content (AvgIpc) is 2.56. The van der Waals surface area contributed by atoms with Crippen LogP contribution in [-0.2, 0) is 0 Å². The minimum absolute atomic E-state index is 0.334. The van der Waals surface area contributed by atoms with E-state index in [1.54, 1.807) is 17.4 Å². The molecule has 68 valence electrons. The van der Waals surface area contributed by atoms with Crippen molar-refractivity contribution in [2.75, 3.05) is 0 Å². The molecule has 3 rings (SSSR count). The molecule has 0 unspecified atom stereocenters. The second-order valence-corrected chi connectivity index (χ2v) is 4.36. The van der Waals surface area contributed by atoms with Crippen LogP contribution in [0.3, 0.4) is 0 Å². The van der Waals surface area contributed by atoms with E-state index in [-0.39, 0.29) is 0 Å². The van der Waals surface area contributed by atoms with Crippen molar-refractivity contribution >= 4 is 31.5 Å². The lowest BCUT2D eigenvalue weighted by Gasteiger charge is -1.92. The predicted octanol–water partition coefficient (Wildman–Crippen LogP) is 3.76. The van der Waals surface area contributed by atoms with Crippen LogP contribution in [0.2, 0.25) is 0 Å². The molecule has 0 fully saturated rings. The zero-order chi connectivity index (χ0) is 9.54. The van der Waals surface area contributed by atoms with Gasteiger partial charge in [-0.2, -0.15) is 0 Å². The zero-order valence-corrected chi connectivity index (χ0v) is 8.21. The van der Waals surface area contributed by atoms with Crippen LogP contribution in [0.5, 0.6) is 5.75 Å². The summed E-state index contributed by atoms with van der Waals surface area (Å²) in [7, 11) is 0. The van der Waals surface area contributed by atoms with Gasteiger partial charge in [0.05, 0.1) is 0 Å². The Labute approximate surface area is 85.2 Å². The van der Waals surface area contributed by atoms with E-state index < -0.39 is 0 Å². The first-order chi connectivity index (χ1) is 6.84. The molecular weight excluding hydrogens is 192 g/mol. The van der Waals surface area contributed by atoms with Crippen molar-refractivity contribution in [3.05, 3.63) is 42.5 Å². The molecule has 1 N–H and O–H groups in total. The molecule has 1 aromatic heterocycles. The van der Waals surface area contributed by atoms with E-state index in [4.69, 9.17) is 0 Å². The van der Waals surface area contributed by atoms with Gasteiger partial charge in [0.15, 0.2) is 0 Å². The van der Waals surface area contributed by atoms with E-state index in [0.717, 1.165) is 5.39 Å². The summed E-state index contributed by atoms with van der Waals surface area (Å²) in [6, 6.07) is 13.8. The van der Waals surface area contributed by atoms with Gasteiger partial charge in [0.1, 0.15) is 5.75 Å². The van der Waals surface area contributed by atoms with Crippen LogP contribution in [0.15, 0.2) is 42.5 Å². The highest BCUT2D eigenvalue weighted by Gasteiger charge is 2.03. The van der Waals surface area contributed by atoms with Crippen LogP contribution in [0, 0.1) is 0 Å². The molecule has 1 heterocycles. The van der Waals surface area contributed by atoms with Crippen molar-refractivity contribution < 1.29 is 5.11 Å². The summed E-state index contributed by atoms with van der Waals surface area (Å²) in [5.41, 5.74) is 0. The number of rotatable bonds is 0. The number of fused-ring (bicyclic) bond motifs is 3. The summed E-state index contributed by atoms with van der Waals surface area (Å²) in [6.07, 6.45) is 0. The Morgan fingerprint density at radius 3 is 2.57 bits per heavy atom. The van der Waals surface area contributed by atoms with Crippen molar-refractivity contribution in [2.24, 2.45) is 0 Å². The van der Waals surface area contributed by atoms with Crippen molar-refractivity contribution in [1.82, 2.24) is 0 Å². The predicted molar refractivity (Wildman–Crippen MR) is 61.0 cm³/mol. The molecule has 0 saturated carbocycles. The quantitative estimate of drug-likeness (QED) is 0.585. The summed E-state index contributed by atoms with van der Waals surface area (Å²) < 4.78 is 2.50. The Kier molecular flexibility index (Phi) is 1.52. The Balaban J connectivity index is 2.58.